The monoisotopic (exact) mass is 251 g/mol. The Hall–Kier alpha value is -0.870. The maximum Gasteiger partial charge on any atom is 0.0952 e. The molecule has 4 heteroatoms. The second-order valence-corrected chi connectivity index (χ2v) is 5.54. The first-order valence-corrected chi connectivity index (χ1v) is 7.03. The lowest BCUT2D eigenvalue weighted by Crippen LogP contribution is -2.32. The van der Waals surface area contributed by atoms with Crippen molar-refractivity contribution in [3.63, 3.8) is 0 Å². The van der Waals surface area contributed by atoms with Gasteiger partial charge in [0, 0.05) is 25.4 Å². The number of nitrogens with one attached hydrogen (secondary N) is 1. The van der Waals surface area contributed by atoms with Crippen LogP contribution >= 0.6 is 0 Å². The van der Waals surface area contributed by atoms with Crippen LogP contribution in [0.1, 0.15) is 45.3 Å². The van der Waals surface area contributed by atoms with Crippen LogP contribution in [0, 0.1) is 5.92 Å². The van der Waals surface area contributed by atoms with Crippen LogP contribution in [0.5, 0.6) is 0 Å². The zero-order valence-corrected chi connectivity index (χ0v) is 11.7. The Kier molecular flexibility index (Phi) is 4.78. The molecule has 1 N–H and O–H groups in total. The van der Waals surface area contributed by atoms with Gasteiger partial charge in [-0.15, -0.1) is 0 Å². The fourth-order valence-electron chi connectivity index (χ4n) is 2.31. The Balaban J connectivity index is 1.73. The molecule has 102 valence electrons. The zero-order valence-electron chi connectivity index (χ0n) is 11.7. The molecule has 0 atom stereocenters. The van der Waals surface area contributed by atoms with Crippen LogP contribution in [0.4, 0.5) is 0 Å². The molecule has 18 heavy (non-hydrogen) atoms. The van der Waals surface area contributed by atoms with Gasteiger partial charge in [0.15, 0.2) is 0 Å². The van der Waals surface area contributed by atoms with Crippen molar-refractivity contribution in [1.29, 1.82) is 0 Å². The number of ether oxygens (including phenoxy) is 1. The number of rotatable bonds is 7. The highest BCUT2D eigenvalue weighted by Gasteiger charge is 2.30. The molecule has 0 bridgehead atoms. The molecule has 0 aromatic carbocycles. The lowest BCUT2D eigenvalue weighted by Gasteiger charge is -2.35. The molecular formula is C14H25N3O. The summed E-state index contributed by atoms with van der Waals surface area (Å²) in [7, 11) is 0. The summed E-state index contributed by atoms with van der Waals surface area (Å²) in [6.07, 6.45) is 6.84. The molecule has 0 radical (unpaired) electrons. The third kappa shape index (κ3) is 3.56. The third-order valence-electron chi connectivity index (χ3n) is 3.41. The minimum Gasteiger partial charge on any atom is -0.378 e. The molecule has 1 aromatic heterocycles. The Labute approximate surface area is 110 Å². The molecule has 0 aliphatic heterocycles. The predicted molar refractivity (Wildman–Crippen MR) is 72.5 cm³/mol. The van der Waals surface area contributed by atoms with Gasteiger partial charge in [-0.2, -0.15) is 0 Å². The highest BCUT2D eigenvalue weighted by molar-refractivity contribution is 5.00. The standard InChI is InChI=1S/C14H25N3O/c1-4-18-14-5-13(6-14)17-9-12(16-10-17)8-15-7-11(2)3/h9-11,13-15H,4-8H2,1-3H3. The summed E-state index contributed by atoms with van der Waals surface area (Å²) in [5.41, 5.74) is 1.13. The van der Waals surface area contributed by atoms with E-state index in [-0.39, 0.29) is 0 Å². The van der Waals surface area contributed by atoms with Gasteiger partial charge in [0.25, 0.3) is 0 Å². The molecule has 1 aliphatic rings. The normalized spacial score (nSPS) is 23.3. The summed E-state index contributed by atoms with van der Waals surface area (Å²) in [6, 6.07) is 0.591. The minimum absolute atomic E-state index is 0.463. The molecule has 0 saturated heterocycles. The van der Waals surface area contributed by atoms with Crippen molar-refractivity contribution >= 4 is 0 Å². The number of nitrogens with zero attached hydrogens (tertiary/aromatic N) is 2. The molecular weight excluding hydrogens is 226 g/mol. The van der Waals surface area contributed by atoms with Crippen molar-refractivity contribution in [2.24, 2.45) is 5.92 Å². The Morgan fingerprint density at radius 2 is 2.28 bits per heavy atom. The van der Waals surface area contributed by atoms with Crippen LogP contribution in [-0.2, 0) is 11.3 Å². The van der Waals surface area contributed by atoms with Crippen LogP contribution in [0.2, 0.25) is 0 Å². The van der Waals surface area contributed by atoms with E-state index in [0.717, 1.165) is 38.2 Å². The van der Waals surface area contributed by atoms with E-state index in [2.05, 4.69) is 41.8 Å². The van der Waals surface area contributed by atoms with Crippen LogP contribution in [-0.4, -0.2) is 28.8 Å². The van der Waals surface area contributed by atoms with Gasteiger partial charge in [0.2, 0.25) is 0 Å². The Bertz CT molecular complexity index is 356. The van der Waals surface area contributed by atoms with Gasteiger partial charge in [-0.05, 0) is 32.2 Å². The van der Waals surface area contributed by atoms with Crippen molar-refractivity contribution in [3.8, 4) is 0 Å². The van der Waals surface area contributed by atoms with E-state index in [1.165, 1.54) is 0 Å². The minimum atomic E-state index is 0.463. The van der Waals surface area contributed by atoms with Gasteiger partial charge in [-0.1, -0.05) is 13.8 Å². The smallest absolute Gasteiger partial charge is 0.0952 e. The van der Waals surface area contributed by atoms with E-state index >= 15 is 0 Å². The first-order valence-electron chi connectivity index (χ1n) is 7.03. The molecule has 1 fully saturated rings. The van der Waals surface area contributed by atoms with E-state index in [1.54, 1.807) is 0 Å². The molecule has 4 nitrogen and oxygen atoms in total. The number of hydrogen-bond acceptors (Lipinski definition) is 3. The highest BCUT2D eigenvalue weighted by atomic mass is 16.5. The van der Waals surface area contributed by atoms with Crippen molar-refractivity contribution in [3.05, 3.63) is 18.2 Å². The number of aromatic nitrogens is 2. The van der Waals surface area contributed by atoms with Crippen LogP contribution in [0.3, 0.4) is 0 Å². The SMILES string of the molecule is CCOC1CC(n2cnc(CNCC(C)C)c2)C1. The Morgan fingerprint density at radius 3 is 2.94 bits per heavy atom. The lowest BCUT2D eigenvalue weighted by molar-refractivity contribution is -0.0197. The molecule has 2 rings (SSSR count). The summed E-state index contributed by atoms with van der Waals surface area (Å²) in [5.74, 6) is 0.686. The average Bonchev–Trinajstić information content (AvgIpc) is 2.70. The fourth-order valence-corrected chi connectivity index (χ4v) is 2.31. The molecule has 1 heterocycles. The van der Waals surface area contributed by atoms with Gasteiger partial charge < -0.3 is 14.6 Å². The quantitative estimate of drug-likeness (QED) is 0.808. The fraction of sp³-hybridized carbons (Fsp3) is 0.786. The van der Waals surface area contributed by atoms with E-state index in [9.17, 15) is 0 Å². The van der Waals surface area contributed by atoms with Gasteiger partial charge in [0.1, 0.15) is 0 Å². The van der Waals surface area contributed by atoms with Gasteiger partial charge in [-0.3, -0.25) is 0 Å². The number of hydrogen-bond donors (Lipinski definition) is 1. The molecule has 0 unspecified atom stereocenters. The first kappa shape index (κ1) is 13.6. The summed E-state index contributed by atoms with van der Waals surface area (Å²) >= 11 is 0. The van der Waals surface area contributed by atoms with E-state index < -0.39 is 0 Å². The predicted octanol–water partition coefficient (Wildman–Crippen LogP) is 2.37. The highest BCUT2D eigenvalue weighted by Crippen LogP contribution is 2.34. The van der Waals surface area contributed by atoms with E-state index in [0.29, 0.717) is 18.1 Å². The van der Waals surface area contributed by atoms with Gasteiger partial charge in [0.05, 0.1) is 18.1 Å². The average molecular weight is 251 g/mol. The van der Waals surface area contributed by atoms with Crippen LogP contribution in [0.25, 0.3) is 0 Å². The maximum absolute atomic E-state index is 5.58. The second-order valence-electron chi connectivity index (χ2n) is 5.54. The molecule has 1 aromatic rings. The summed E-state index contributed by atoms with van der Waals surface area (Å²) in [6.45, 7) is 9.23. The number of imidazole rings is 1. The Morgan fingerprint density at radius 1 is 1.50 bits per heavy atom. The first-order chi connectivity index (χ1) is 8.69. The second kappa shape index (κ2) is 6.34. The maximum atomic E-state index is 5.58. The third-order valence-corrected chi connectivity index (χ3v) is 3.41. The topological polar surface area (TPSA) is 39.1 Å². The molecule has 1 aliphatic carbocycles. The van der Waals surface area contributed by atoms with Crippen molar-refractivity contribution in [2.45, 2.75) is 52.3 Å². The van der Waals surface area contributed by atoms with Crippen molar-refractivity contribution in [1.82, 2.24) is 14.9 Å². The largest absolute Gasteiger partial charge is 0.378 e. The van der Waals surface area contributed by atoms with Crippen LogP contribution in [0.15, 0.2) is 12.5 Å². The van der Waals surface area contributed by atoms with E-state index in [1.807, 2.05) is 6.33 Å². The molecule has 0 amide bonds. The summed E-state index contributed by atoms with van der Waals surface area (Å²) < 4.78 is 7.82. The molecule has 1 saturated carbocycles. The van der Waals surface area contributed by atoms with Crippen LogP contribution < -0.4 is 5.32 Å². The summed E-state index contributed by atoms with van der Waals surface area (Å²) in [5, 5.41) is 3.42. The van der Waals surface area contributed by atoms with Crippen molar-refractivity contribution in [2.75, 3.05) is 13.2 Å². The van der Waals surface area contributed by atoms with E-state index in [4.69, 9.17) is 4.74 Å². The van der Waals surface area contributed by atoms with Crippen molar-refractivity contribution < 1.29 is 4.74 Å². The van der Waals surface area contributed by atoms with Gasteiger partial charge >= 0.3 is 0 Å². The molecule has 0 spiro atoms. The lowest BCUT2D eigenvalue weighted by atomic mass is 9.89. The van der Waals surface area contributed by atoms with Gasteiger partial charge in [-0.25, -0.2) is 4.98 Å². The summed E-state index contributed by atoms with van der Waals surface area (Å²) in [4.78, 5) is 4.45. The zero-order chi connectivity index (χ0) is 13.0.